The highest BCUT2D eigenvalue weighted by Gasteiger charge is 2.17. The van der Waals surface area contributed by atoms with Crippen LogP contribution in [0.15, 0.2) is 18.2 Å². The number of carbonyl (C=O) groups is 2. The van der Waals surface area contributed by atoms with Crippen molar-refractivity contribution < 1.29 is 19.4 Å². The second-order valence-electron chi connectivity index (χ2n) is 3.21. The van der Waals surface area contributed by atoms with Gasteiger partial charge in [-0.05, 0) is 17.7 Å². The number of ether oxygens (including phenoxy) is 1. The Balaban J connectivity index is 3.08. The molecule has 0 spiro atoms. The first-order valence-electron chi connectivity index (χ1n) is 4.62. The van der Waals surface area contributed by atoms with Crippen LogP contribution in [0.5, 0.6) is 0 Å². The van der Waals surface area contributed by atoms with E-state index < -0.39 is 24.7 Å². The van der Waals surface area contributed by atoms with Crippen molar-refractivity contribution in [1.29, 1.82) is 0 Å². The molecule has 0 aromatic heterocycles. The SMILES string of the molecule is NC(=O)O[C@H](CO)c1ccc(Cl)c(C(N)=O)c1. The maximum atomic E-state index is 11.0. The Kier molecular flexibility index (Phi) is 4.30. The molecular weight excluding hydrogens is 248 g/mol. The molecule has 0 radical (unpaired) electrons. The van der Waals surface area contributed by atoms with Crippen LogP contribution in [-0.4, -0.2) is 23.7 Å². The summed E-state index contributed by atoms with van der Waals surface area (Å²) in [5.41, 5.74) is 10.4. The van der Waals surface area contributed by atoms with Gasteiger partial charge in [-0.1, -0.05) is 17.7 Å². The molecule has 17 heavy (non-hydrogen) atoms. The molecule has 0 heterocycles. The van der Waals surface area contributed by atoms with Crippen LogP contribution in [0, 0.1) is 0 Å². The van der Waals surface area contributed by atoms with Gasteiger partial charge >= 0.3 is 6.09 Å². The third kappa shape index (κ3) is 3.33. The number of hydrogen-bond acceptors (Lipinski definition) is 4. The smallest absolute Gasteiger partial charge is 0.405 e. The predicted molar refractivity (Wildman–Crippen MR) is 60.5 cm³/mol. The van der Waals surface area contributed by atoms with Crippen molar-refractivity contribution in [2.24, 2.45) is 11.5 Å². The zero-order chi connectivity index (χ0) is 13.0. The lowest BCUT2D eigenvalue weighted by molar-refractivity contribution is 0.0632. The van der Waals surface area contributed by atoms with Crippen LogP contribution in [0.25, 0.3) is 0 Å². The Morgan fingerprint density at radius 3 is 2.53 bits per heavy atom. The minimum atomic E-state index is -1.03. The number of nitrogens with two attached hydrogens (primary N) is 2. The van der Waals surface area contributed by atoms with E-state index >= 15 is 0 Å². The molecule has 0 unspecified atom stereocenters. The second kappa shape index (κ2) is 5.51. The molecule has 7 heteroatoms. The van der Waals surface area contributed by atoms with Gasteiger partial charge in [-0.2, -0.15) is 0 Å². The van der Waals surface area contributed by atoms with E-state index in [1.807, 2.05) is 0 Å². The molecule has 0 saturated carbocycles. The van der Waals surface area contributed by atoms with Gasteiger partial charge in [0.15, 0.2) is 6.10 Å². The lowest BCUT2D eigenvalue weighted by Crippen LogP contribution is -2.20. The highest BCUT2D eigenvalue weighted by atomic mass is 35.5. The van der Waals surface area contributed by atoms with Crippen molar-refractivity contribution in [3.05, 3.63) is 34.3 Å². The molecule has 5 N–H and O–H groups in total. The van der Waals surface area contributed by atoms with Crippen molar-refractivity contribution in [3.8, 4) is 0 Å². The topological polar surface area (TPSA) is 116 Å². The van der Waals surface area contributed by atoms with Gasteiger partial charge in [-0.25, -0.2) is 4.79 Å². The maximum Gasteiger partial charge on any atom is 0.405 e. The molecule has 1 atom stereocenters. The summed E-state index contributed by atoms with van der Waals surface area (Å²) in [7, 11) is 0. The fourth-order valence-electron chi connectivity index (χ4n) is 1.28. The number of aliphatic hydroxyl groups excluding tert-OH is 1. The van der Waals surface area contributed by atoms with Crippen LogP contribution in [0.3, 0.4) is 0 Å². The number of rotatable bonds is 4. The van der Waals surface area contributed by atoms with E-state index in [-0.39, 0.29) is 10.6 Å². The van der Waals surface area contributed by atoms with Gasteiger partial charge < -0.3 is 21.3 Å². The molecular formula is C10H11ClN2O4. The van der Waals surface area contributed by atoms with Crippen molar-refractivity contribution in [3.63, 3.8) is 0 Å². The lowest BCUT2D eigenvalue weighted by Gasteiger charge is -2.15. The Hall–Kier alpha value is -1.79. The van der Waals surface area contributed by atoms with E-state index in [4.69, 9.17) is 28.2 Å². The van der Waals surface area contributed by atoms with Gasteiger partial charge in [0.1, 0.15) is 0 Å². The fourth-order valence-corrected chi connectivity index (χ4v) is 1.49. The quantitative estimate of drug-likeness (QED) is 0.732. The van der Waals surface area contributed by atoms with Gasteiger partial charge in [0, 0.05) is 0 Å². The van der Waals surface area contributed by atoms with E-state index in [1.54, 1.807) is 0 Å². The van der Waals surface area contributed by atoms with Crippen LogP contribution in [-0.2, 0) is 4.74 Å². The average Bonchev–Trinajstić information content (AvgIpc) is 2.26. The third-order valence-corrected chi connectivity index (χ3v) is 2.38. The molecule has 1 aromatic rings. The summed E-state index contributed by atoms with van der Waals surface area (Å²) in [5.74, 6) is -0.715. The standard InChI is InChI=1S/C10H11ClN2O4/c11-7-2-1-5(3-6(7)9(12)15)8(4-14)17-10(13)16/h1-3,8,14H,4H2,(H2,12,15)(H2,13,16)/t8-/m1/s1. The van der Waals surface area contributed by atoms with Gasteiger partial charge in [0.05, 0.1) is 17.2 Å². The Bertz CT molecular complexity index is 450. The Morgan fingerprint density at radius 1 is 1.41 bits per heavy atom. The largest absolute Gasteiger partial charge is 0.439 e. The predicted octanol–water partition coefficient (Wildman–Crippen LogP) is 0.568. The van der Waals surface area contributed by atoms with Gasteiger partial charge in [0.2, 0.25) is 5.91 Å². The van der Waals surface area contributed by atoms with E-state index in [1.165, 1.54) is 18.2 Å². The molecule has 0 aliphatic rings. The summed E-state index contributed by atoms with van der Waals surface area (Å²) in [6.07, 6.45) is -1.98. The van der Waals surface area contributed by atoms with Crippen LogP contribution in [0.2, 0.25) is 5.02 Å². The van der Waals surface area contributed by atoms with E-state index in [0.29, 0.717) is 5.56 Å². The van der Waals surface area contributed by atoms with Gasteiger partial charge in [0.25, 0.3) is 0 Å². The monoisotopic (exact) mass is 258 g/mol. The molecule has 2 amide bonds. The molecule has 1 rings (SSSR count). The zero-order valence-electron chi connectivity index (χ0n) is 8.72. The van der Waals surface area contributed by atoms with Crippen molar-refractivity contribution >= 4 is 23.6 Å². The molecule has 0 fully saturated rings. The summed E-state index contributed by atoms with van der Waals surface area (Å²) in [6.45, 7) is -0.469. The van der Waals surface area contributed by atoms with Gasteiger partial charge in [-0.15, -0.1) is 0 Å². The first kappa shape index (κ1) is 13.3. The molecule has 0 bridgehead atoms. The first-order valence-corrected chi connectivity index (χ1v) is 4.99. The van der Waals surface area contributed by atoms with Crippen molar-refractivity contribution in [2.45, 2.75) is 6.10 Å². The van der Waals surface area contributed by atoms with Gasteiger partial charge in [-0.3, -0.25) is 4.79 Å². The number of aliphatic hydroxyl groups is 1. The summed E-state index contributed by atoms with van der Waals surface area (Å²) >= 11 is 5.75. The minimum Gasteiger partial charge on any atom is -0.439 e. The lowest BCUT2D eigenvalue weighted by atomic mass is 10.1. The number of primary amides is 2. The molecule has 0 aliphatic heterocycles. The Morgan fingerprint density at radius 2 is 2.06 bits per heavy atom. The van der Waals surface area contributed by atoms with E-state index in [9.17, 15) is 9.59 Å². The third-order valence-electron chi connectivity index (χ3n) is 2.05. The number of carbonyl (C=O) groups excluding carboxylic acids is 2. The molecule has 92 valence electrons. The maximum absolute atomic E-state index is 11.0. The average molecular weight is 259 g/mol. The molecule has 0 saturated heterocycles. The van der Waals surface area contributed by atoms with E-state index in [2.05, 4.69) is 4.74 Å². The number of halogens is 1. The minimum absolute atomic E-state index is 0.0793. The van der Waals surface area contributed by atoms with Crippen LogP contribution >= 0.6 is 11.6 Å². The first-order chi connectivity index (χ1) is 7.95. The van der Waals surface area contributed by atoms with Crippen LogP contribution in [0.4, 0.5) is 4.79 Å². The zero-order valence-corrected chi connectivity index (χ0v) is 9.48. The molecule has 0 aliphatic carbocycles. The fraction of sp³-hybridized carbons (Fsp3) is 0.200. The summed E-state index contributed by atoms with van der Waals surface area (Å²) in [5, 5.41) is 9.22. The summed E-state index contributed by atoms with van der Waals surface area (Å²) < 4.78 is 4.65. The summed E-state index contributed by atoms with van der Waals surface area (Å²) in [6, 6.07) is 4.26. The normalized spacial score (nSPS) is 11.9. The van der Waals surface area contributed by atoms with Crippen molar-refractivity contribution in [2.75, 3.05) is 6.61 Å². The number of amides is 2. The van der Waals surface area contributed by atoms with Crippen molar-refractivity contribution in [1.82, 2.24) is 0 Å². The molecule has 6 nitrogen and oxygen atoms in total. The number of benzene rings is 1. The summed E-state index contributed by atoms with van der Waals surface area (Å²) in [4.78, 5) is 21.6. The molecule has 1 aromatic carbocycles. The highest BCUT2D eigenvalue weighted by Crippen LogP contribution is 2.23. The Labute approximate surface area is 102 Å². The second-order valence-corrected chi connectivity index (χ2v) is 3.62. The van der Waals surface area contributed by atoms with Crippen LogP contribution < -0.4 is 11.5 Å². The van der Waals surface area contributed by atoms with E-state index in [0.717, 1.165) is 0 Å². The van der Waals surface area contributed by atoms with Crippen LogP contribution in [0.1, 0.15) is 22.0 Å². The highest BCUT2D eigenvalue weighted by molar-refractivity contribution is 6.33. The number of hydrogen-bond donors (Lipinski definition) is 3.